The maximum Gasteiger partial charge on any atom is 0.407 e. The van der Waals surface area contributed by atoms with Crippen LogP contribution in [0.2, 0.25) is 0 Å². The van der Waals surface area contributed by atoms with Crippen molar-refractivity contribution in [3.05, 3.63) is 114 Å². The Hall–Kier alpha value is -6.48. The summed E-state index contributed by atoms with van der Waals surface area (Å²) in [5.74, 6) is -4.31. The summed E-state index contributed by atoms with van der Waals surface area (Å²) < 4.78 is 21.8. The number of carbonyl (C=O) groups excluding carboxylic acids is 6. The summed E-state index contributed by atoms with van der Waals surface area (Å²) in [6, 6.07) is 26.8. The monoisotopic (exact) mass is 865 g/mol. The molecule has 0 spiro atoms. The highest BCUT2D eigenvalue weighted by atomic mass is 16.6. The molecular weight excluding hydrogens is 807 g/mol. The van der Waals surface area contributed by atoms with Crippen LogP contribution in [-0.4, -0.2) is 90.7 Å². The molecule has 1 saturated heterocycles. The van der Waals surface area contributed by atoms with Crippen molar-refractivity contribution in [3.8, 4) is 17.1 Å². The van der Waals surface area contributed by atoms with Gasteiger partial charge in [-0.2, -0.15) is 0 Å². The zero-order valence-corrected chi connectivity index (χ0v) is 36.5. The third-order valence-electron chi connectivity index (χ3n) is 10.5. The molecule has 2 heterocycles. The van der Waals surface area contributed by atoms with Gasteiger partial charge >= 0.3 is 18.1 Å². The van der Waals surface area contributed by atoms with E-state index in [1.165, 1.54) is 17.2 Å². The zero-order valence-electron chi connectivity index (χ0n) is 36.5. The average molecular weight is 866 g/mol. The number of urea groups is 1. The number of benzene rings is 3. The number of nitrogens with zero attached hydrogens (tertiary/aromatic N) is 1. The molecule has 63 heavy (non-hydrogen) atoms. The third-order valence-corrected chi connectivity index (χ3v) is 10.5. The molecule has 0 radical (unpaired) electrons. The fraction of sp³-hybridized carbons (Fsp3) is 0.417. The Morgan fingerprint density at radius 3 is 2.17 bits per heavy atom. The van der Waals surface area contributed by atoms with Crippen LogP contribution in [0.5, 0.6) is 5.95 Å². The summed E-state index contributed by atoms with van der Waals surface area (Å²) in [5.41, 5.74) is -0.131. The normalized spacial score (nSPS) is 14.6. The Bertz CT molecular complexity index is 2120. The van der Waals surface area contributed by atoms with Crippen LogP contribution in [-0.2, 0) is 41.5 Å². The molecule has 0 aliphatic carbocycles. The number of ether oxygens (including phenoxy) is 3. The second-order valence-corrected chi connectivity index (χ2v) is 16.5. The molecule has 3 unspecified atom stereocenters. The minimum absolute atomic E-state index is 0.0360. The molecule has 5 rings (SSSR count). The Morgan fingerprint density at radius 1 is 0.825 bits per heavy atom. The third kappa shape index (κ3) is 14.6. The van der Waals surface area contributed by atoms with Crippen LogP contribution in [0.3, 0.4) is 0 Å². The van der Waals surface area contributed by atoms with Crippen LogP contribution >= 0.6 is 0 Å². The number of carbonyl (C=O) groups is 6. The van der Waals surface area contributed by atoms with E-state index in [1.54, 1.807) is 57.2 Å². The van der Waals surface area contributed by atoms with Crippen molar-refractivity contribution in [2.24, 2.45) is 5.92 Å². The van der Waals surface area contributed by atoms with E-state index in [1.807, 2.05) is 61.5 Å². The number of nitrogens with one attached hydrogen (secondary N) is 4. The van der Waals surface area contributed by atoms with Crippen molar-refractivity contribution in [1.82, 2.24) is 26.2 Å². The summed E-state index contributed by atoms with van der Waals surface area (Å²) in [7, 11) is 0. The highest BCUT2D eigenvalue weighted by molar-refractivity contribution is 6.01. The maximum atomic E-state index is 15.8. The standard InChI is InChI=1S/C48H59N5O10/c1-5-6-9-23-40(54)52-48(32-36-21-14-15-22-38(36)35-19-12-8-13-20-35,37(33-49-46(59)63-47(2,3)4)31-41(55)62-42-24-16-27-61-42)44(57)50-39(30-34-17-10-7-11-18-34)43(56)51-45(58)53-25-28-60-29-26-53/h7-8,10-22,24,27,37,39H,5-6,9,23,25-26,28-33H2,1-4H3,(H,49,59)(H,50,57)(H,52,54)(H,51,56,58). The van der Waals surface area contributed by atoms with Crippen molar-refractivity contribution < 1.29 is 47.4 Å². The van der Waals surface area contributed by atoms with Gasteiger partial charge in [0, 0.05) is 50.9 Å². The number of amides is 6. The van der Waals surface area contributed by atoms with E-state index in [0.29, 0.717) is 30.8 Å². The van der Waals surface area contributed by atoms with Crippen molar-refractivity contribution in [3.63, 3.8) is 0 Å². The first-order chi connectivity index (χ1) is 30.3. The van der Waals surface area contributed by atoms with E-state index in [4.69, 9.17) is 18.6 Å². The van der Waals surface area contributed by atoms with E-state index in [-0.39, 0.29) is 44.8 Å². The Labute approximate surface area is 368 Å². The average Bonchev–Trinajstić information content (AvgIpc) is 3.78. The largest absolute Gasteiger partial charge is 0.444 e. The molecule has 336 valence electrons. The first-order valence-electron chi connectivity index (χ1n) is 21.4. The fourth-order valence-corrected chi connectivity index (χ4v) is 7.34. The number of morpholine rings is 1. The van der Waals surface area contributed by atoms with Crippen LogP contribution in [0.15, 0.2) is 108 Å². The highest BCUT2D eigenvalue weighted by Gasteiger charge is 2.50. The minimum Gasteiger partial charge on any atom is -0.444 e. The smallest absolute Gasteiger partial charge is 0.407 e. The topological polar surface area (TPSA) is 195 Å². The number of esters is 1. The number of rotatable bonds is 19. The summed E-state index contributed by atoms with van der Waals surface area (Å²) in [5, 5.41) is 11.2. The molecule has 1 aliphatic heterocycles. The summed E-state index contributed by atoms with van der Waals surface area (Å²) in [6.07, 6.45) is 1.81. The van der Waals surface area contributed by atoms with Gasteiger partial charge in [0.25, 0.3) is 11.9 Å². The van der Waals surface area contributed by atoms with Gasteiger partial charge in [-0.15, -0.1) is 0 Å². The van der Waals surface area contributed by atoms with Gasteiger partial charge in [0.1, 0.15) is 17.2 Å². The van der Waals surface area contributed by atoms with Crippen LogP contribution in [0.1, 0.15) is 70.9 Å². The van der Waals surface area contributed by atoms with E-state index in [0.717, 1.165) is 24.0 Å². The summed E-state index contributed by atoms with van der Waals surface area (Å²) in [4.78, 5) is 86.5. The van der Waals surface area contributed by atoms with Gasteiger partial charge in [-0.25, -0.2) is 9.59 Å². The second kappa shape index (κ2) is 23.1. The van der Waals surface area contributed by atoms with Crippen molar-refractivity contribution in [2.45, 2.75) is 89.8 Å². The van der Waals surface area contributed by atoms with Gasteiger partial charge in [0.05, 0.1) is 25.9 Å². The molecule has 3 atom stereocenters. The SMILES string of the molecule is CCCCCC(=O)NC(Cc1ccccc1-c1ccccc1)(C(=O)NC(Cc1ccccc1)C(=O)NC(=O)N1CCOCC1)C(CNC(=O)OC(C)(C)C)CC(=O)Oc1ccco1. The molecule has 15 heteroatoms. The van der Waals surface area contributed by atoms with Crippen LogP contribution in [0.25, 0.3) is 11.1 Å². The number of hydrogen-bond donors (Lipinski definition) is 4. The lowest BCUT2D eigenvalue weighted by Crippen LogP contribution is -2.68. The van der Waals surface area contributed by atoms with Crippen LogP contribution < -0.4 is 26.0 Å². The molecule has 0 saturated carbocycles. The molecular formula is C48H59N5O10. The Kier molecular flexibility index (Phi) is 17.4. The van der Waals surface area contributed by atoms with E-state index < -0.39 is 65.3 Å². The number of hydrogen-bond acceptors (Lipinski definition) is 10. The van der Waals surface area contributed by atoms with Gasteiger partial charge in [-0.05, 0) is 55.5 Å². The quantitative estimate of drug-likeness (QED) is 0.0609. The van der Waals surface area contributed by atoms with Crippen LogP contribution in [0, 0.1) is 5.92 Å². The Balaban J connectivity index is 1.66. The number of alkyl carbamates (subject to hydrolysis) is 1. The maximum absolute atomic E-state index is 15.8. The van der Waals surface area contributed by atoms with Crippen molar-refractivity contribution in [1.29, 1.82) is 0 Å². The molecule has 15 nitrogen and oxygen atoms in total. The van der Waals surface area contributed by atoms with Crippen molar-refractivity contribution in [2.75, 3.05) is 32.8 Å². The fourth-order valence-electron chi connectivity index (χ4n) is 7.34. The molecule has 1 aromatic heterocycles. The predicted molar refractivity (Wildman–Crippen MR) is 235 cm³/mol. The molecule has 1 aliphatic rings. The first kappa shape index (κ1) is 47.6. The molecule has 4 aromatic rings. The molecule has 4 N–H and O–H groups in total. The second-order valence-electron chi connectivity index (χ2n) is 16.5. The number of imide groups is 1. The summed E-state index contributed by atoms with van der Waals surface area (Å²) >= 11 is 0. The van der Waals surface area contributed by atoms with E-state index in [2.05, 4.69) is 21.3 Å². The predicted octanol–water partition coefficient (Wildman–Crippen LogP) is 6.36. The van der Waals surface area contributed by atoms with E-state index >= 15 is 4.79 Å². The van der Waals surface area contributed by atoms with Gasteiger partial charge < -0.3 is 39.5 Å². The molecule has 6 amide bonds. The Morgan fingerprint density at radius 2 is 1.51 bits per heavy atom. The lowest BCUT2D eigenvalue weighted by molar-refractivity contribution is -0.142. The zero-order chi connectivity index (χ0) is 45.2. The first-order valence-corrected chi connectivity index (χ1v) is 21.4. The van der Waals surface area contributed by atoms with Crippen molar-refractivity contribution >= 4 is 35.8 Å². The van der Waals surface area contributed by atoms with Gasteiger partial charge in [0.2, 0.25) is 11.8 Å². The highest BCUT2D eigenvalue weighted by Crippen LogP contribution is 2.33. The van der Waals surface area contributed by atoms with E-state index in [9.17, 15) is 24.0 Å². The molecule has 0 bridgehead atoms. The number of furan rings is 1. The lowest BCUT2D eigenvalue weighted by Gasteiger charge is -2.41. The summed E-state index contributed by atoms with van der Waals surface area (Å²) in [6.45, 7) is 7.86. The van der Waals surface area contributed by atoms with Gasteiger partial charge in [-0.3, -0.25) is 24.5 Å². The molecule has 3 aromatic carbocycles. The lowest BCUT2D eigenvalue weighted by atomic mass is 9.74. The minimum atomic E-state index is -2.07. The van der Waals surface area contributed by atoms with Gasteiger partial charge in [0.15, 0.2) is 0 Å². The molecule has 1 fully saturated rings. The van der Waals surface area contributed by atoms with Gasteiger partial charge in [-0.1, -0.05) is 105 Å². The number of unbranched alkanes of at least 4 members (excludes halogenated alkanes) is 2. The van der Waals surface area contributed by atoms with Crippen LogP contribution in [0.4, 0.5) is 9.59 Å².